The van der Waals surface area contributed by atoms with Gasteiger partial charge in [0.15, 0.2) is 5.89 Å². The van der Waals surface area contributed by atoms with Crippen molar-refractivity contribution < 1.29 is 4.42 Å². The van der Waals surface area contributed by atoms with Crippen LogP contribution >= 0.6 is 0 Å². The quantitative estimate of drug-likeness (QED) is 0.734. The molecule has 2 heteroatoms. The van der Waals surface area contributed by atoms with Crippen LogP contribution in [0.4, 0.5) is 0 Å². The molecule has 2 atom stereocenters. The molecule has 0 spiro atoms. The van der Waals surface area contributed by atoms with E-state index in [1.54, 1.807) is 0 Å². The molecule has 2 nitrogen and oxygen atoms in total. The zero-order chi connectivity index (χ0) is 11.7. The molecule has 4 aliphatic carbocycles. The lowest BCUT2D eigenvalue weighted by Gasteiger charge is -2.60. The van der Waals surface area contributed by atoms with E-state index in [0.29, 0.717) is 10.8 Å². The van der Waals surface area contributed by atoms with Crippen LogP contribution in [0.2, 0.25) is 0 Å². The highest BCUT2D eigenvalue weighted by Crippen LogP contribution is 2.65. The van der Waals surface area contributed by atoms with E-state index in [2.05, 4.69) is 11.9 Å². The zero-order valence-electron chi connectivity index (χ0n) is 10.8. The summed E-state index contributed by atoms with van der Waals surface area (Å²) < 4.78 is 5.48. The lowest BCUT2D eigenvalue weighted by molar-refractivity contribution is -0.0631. The molecular weight excluding hydrogens is 210 g/mol. The maximum atomic E-state index is 5.48. The Morgan fingerprint density at radius 2 is 1.94 bits per heavy atom. The van der Waals surface area contributed by atoms with Gasteiger partial charge in [-0.15, -0.1) is 0 Å². The molecule has 4 aliphatic rings. The number of oxazole rings is 1. The first-order chi connectivity index (χ1) is 8.07. The van der Waals surface area contributed by atoms with Gasteiger partial charge in [0, 0.05) is 12.3 Å². The molecule has 1 aromatic rings. The molecule has 1 aromatic heterocycles. The number of aromatic nitrogens is 1. The van der Waals surface area contributed by atoms with Gasteiger partial charge in [-0.05, 0) is 55.8 Å². The van der Waals surface area contributed by atoms with Crippen LogP contribution in [-0.2, 0) is 5.41 Å². The fraction of sp³-hybridized carbons (Fsp3) is 0.800. The van der Waals surface area contributed by atoms with Crippen LogP contribution in [-0.4, -0.2) is 4.98 Å². The molecule has 92 valence electrons. The molecule has 0 amide bonds. The Kier molecular flexibility index (Phi) is 1.77. The van der Waals surface area contributed by atoms with Crippen molar-refractivity contribution >= 4 is 0 Å². The molecule has 0 saturated heterocycles. The molecule has 0 aliphatic heterocycles. The normalized spacial score (nSPS) is 47.6. The first-order valence-corrected chi connectivity index (χ1v) is 7.00. The van der Waals surface area contributed by atoms with E-state index in [4.69, 9.17) is 4.42 Å². The third-order valence-corrected chi connectivity index (χ3v) is 5.52. The smallest absolute Gasteiger partial charge is 0.191 e. The SMILES string of the molecule is Cc1nc(C23CC4CC(CC(C)(C4)C2)C3)co1. The zero-order valence-corrected chi connectivity index (χ0v) is 10.8. The fourth-order valence-electron chi connectivity index (χ4n) is 5.63. The van der Waals surface area contributed by atoms with Crippen LogP contribution in [0.1, 0.15) is 57.0 Å². The Hall–Kier alpha value is -0.790. The van der Waals surface area contributed by atoms with Gasteiger partial charge in [-0.25, -0.2) is 4.98 Å². The summed E-state index contributed by atoms with van der Waals surface area (Å²) >= 11 is 0. The van der Waals surface area contributed by atoms with Crippen LogP contribution in [0.15, 0.2) is 10.7 Å². The number of hydrogen-bond donors (Lipinski definition) is 0. The van der Waals surface area contributed by atoms with Crippen LogP contribution < -0.4 is 0 Å². The third-order valence-electron chi connectivity index (χ3n) is 5.52. The molecule has 0 aromatic carbocycles. The summed E-state index contributed by atoms with van der Waals surface area (Å²) in [6.45, 7) is 4.47. The van der Waals surface area contributed by atoms with Gasteiger partial charge < -0.3 is 4.42 Å². The minimum atomic E-state index is 0.372. The Bertz CT molecular complexity index is 447. The molecule has 4 bridgehead atoms. The summed E-state index contributed by atoms with van der Waals surface area (Å²) in [5.41, 5.74) is 2.23. The summed E-state index contributed by atoms with van der Waals surface area (Å²) in [6, 6.07) is 0. The Morgan fingerprint density at radius 1 is 1.24 bits per heavy atom. The molecule has 2 unspecified atom stereocenters. The highest BCUT2D eigenvalue weighted by Gasteiger charge is 2.57. The van der Waals surface area contributed by atoms with Gasteiger partial charge >= 0.3 is 0 Å². The van der Waals surface area contributed by atoms with E-state index in [1.807, 2.05) is 13.2 Å². The Balaban J connectivity index is 1.79. The monoisotopic (exact) mass is 231 g/mol. The largest absolute Gasteiger partial charge is 0.449 e. The Labute approximate surface area is 103 Å². The molecule has 5 rings (SSSR count). The van der Waals surface area contributed by atoms with Crippen LogP contribution in [0.5, 0.6) is 0 Å². The van der Waals surface area contributed by atoms with Gasteiger partial charge in [0.25, 0.3) is 0 Å². The molecule has 4 fully saturated rings. The predicted molar refractivity (Wildman–Crippen MR) is 65.7 cm³/mol. The van der Waals surface area contributed by atoms with E-state index in [-0.39, 0.29) is 0 Å². The molecule has 0 radical (unpaired) electrons. The second-order valence-electron chi connectivity index (χ2n) is 7.30. The maximum Gasteiger partial charge on any atom is 0.191 e. The first kappa shape index (κ1) is 10.2. The van der Waals surface area contributed by atoms with Crippen molar-refractivity contribution in [3.8, 4) is 0 Å². The van der Waals surface area contributed by atoms with Crippen molar-refractivity contribution in [1.29, 1.82) is 0 Å². The Morgan fingerprint density at radius 3 is 2.47 bits per heavy atom. The maximum absolute atomic E-state index is 5.48. The van der Waals surface area contributed by atoms with E-state index in [9.17, 15) is 0 Å². The summed E-state index contributed by atoms with van der Waals surface area (Å²) in [5.74, 6) is 2.75. The fourth-order valence-corrected chi connectivity index (χ4v) is 5.63. The summed E-state index contributed by atoms with van der Waals surface area (Å²) in [4.78, 5) is 4.67. The highest BCUT2D eigenvalue weighted by molar-refractivity contribution is 5.22. The summed E-state index contributed by atoms with van der Waals surface area (Å²) in [5, 5.41) is 0. The van der Waals surface area contributed by atoms with Crippen LogP contribution in [0.3, 0.4) is 0 Å². The van der Waals surface area contributed by atoms with Gasteiger partial charge in [0.1, 0.15) is 6.26 Å². The van der Waals surface area contributed by atoms with Gasteiger partial charge in [0.05, 0.1) is 5.69 Å². The number of hydrogen-bond acceptors (Lipinski definition) is 2. The molecule has 1 heterocycles. The average molecular weight is 231 g/mol. The first-order valence-electron chi connectivity index (χ1n) is 7.00. The van der Waals surface area contributed by atoms with Crippen LogP contribution in [0, 0.1) is 24.2 Å². The standard InChI is InChI=1S/C15H21NO/c1-10-16-13(8-17-10)15-6-11-3-12(7-15)5-14(2,4-11)9-15/h8,11-12H,3-7,9H2,1-2H3. The molecular formula is C15H21NO. The van der Waals surface area contributed by atoms with Crippen molar-refractivity contribution in [2.24, 2.45) is 17.3 Å². The van der Waals surface area contributed by atoms with Crippen LogP contribution in [0.25, 0.3) is 0 Å². The number of rotatable bonds is 1. The highest BCUT2D eigenvalue weighted by atomic mass is 16.3. The lowest BCUT2D eigenvalue weighted by atomic mass is 9.44. The average Bonchev–Trinajstić information content (AvgIpc) is 2.61. The van der Waals surface area contributed by atoms with E-state index in [1.165, 1.54) is 44.2 Å². The lowest BCUT2D eigenvalue weighted by Crippen LogP contribution is -2.53. The van der Waals surface area contributed by atoms with Gasteiger partial charge in [0.2, 0.25) is 0 Å². The summed E-state index contributed by atoms with van der Waals surface area (Å²) in [6.07, 6.45) is 10.4. The minimum absolute atomic E-state index is 0.372. The second-order valence-corrected chi connectivity index (χ2v) is 7.30. The van der Waals surface area contributed by atoms with Gasteiger partial charge in [-0.1, -0.05) is 6.92 Å². The van der Waals surface area contributed by atoms with Gasteiger partial charge in [-0.2, -0.15) is 0 Å². The predicted octanol–water partition coefficient (Wildman–Crippen LogP) is 3.84. The van der Waals surface area contributed by atoms with Gasteiger partial charge in [-0.3, -0.25) is 0 Å². The summed E-state index contributed by atoms with van der Waals surface area (Å²) in [7, 11) is 0. The van der Waals surface area contributed by atoms with Crippen molar-refractivity contribution in [3.63, 3.8) is 0 Å². The van der Waals surface area contributed by atoms with E-state index < -0.39 is 0 Å². The second kappa shape index (κ2) is 2.96. The van der Waals surface area contributed by atoms with Crippen molar-refractivity contribution in [3.05, 3.63) is 17.8 Å². The number of aryl methyl sites for hydroxylation is 1. The van der Waals surface area contributed by atoms with E-state index >= 15 is 0 Å². The third kappa shape index (κ3) is 1.36. The van der Waals surface area contributed by atoms with Crippen molar-refractivity contribution in [2.45, 2.75) is 57.8 Å². The topological polar surface area (TPSA) is 26.0 Å². The minimum Gasteiger partial charge on any atom is -0.449 e. The van der Waals surface area contributed by atoms with Crippen molar-refractivity contribution in [2.75, 3.05) is 0 Å². The molecule has 4 saturated carbocycles. The van der Waals surface area contributed by atoms with E-state index in [0.717, 1.165) is 17.7 Å². The molecule has 0 N–H and O–H groups in total. The molecule has 17 heavy (non-hydrogen) atoms. The number of nitrogens with zero attached hydrogens (tertiary/aromatic N) is 1. The van der Waals surface area contributed by atoms with Crippen molar-refractivity contribution in [1.82, 2.24) is 4.98 Å².